The van der Waals surface area contributed by atoms with Gasteiger partial charge in [-0.2, -0.15) is 11.8 Å². The van der Waals surface area contributed by atoms with E-state index in [-0.39, 0.29) is 11.5 Å². The fourth-order valence-electron chi connectivity index (χ4n) is 4.59. The van der Waals surface area contributed by atoms with E-state index in [9.17, 15) is 10.2 Å². The number of hydrogen-bond donors (Lipinski definition) is 2. The fraction of sp³-hybridized carbons (Fsp3) is 0.355. The lowest BCUT2D eigenvalue weighted by atomic mass is 10.1. The minimum absolute atomic E-state index is 0.248. The molecule has 1 aromatic heterocycles. The average molecular weight is 504 g/mol. The highest BCUT2D eigenvalue weighted by molar-refractivity contribution is 7.99. The molecule has 4 aromatic rings. The second-order valence-electron chi connectivity index (χ2n) is 9.33. The third kappa shape index (κ3) is 6.58. The third-order valence-electron chi connectivity index (χ3n) is 6.55. The van der Waals surface area contributed by atoms with E-state index in [4.69, 9.17) is 4.74 Å². The van der Waals surface area contributed by atoms with Crippen LogP contribution in [0.3, 0.4) is 0 Å². The SMILES string of the molecule is CCCCCSCCCCOc1ccc(Cn2c(-c3ccc(O)cc3)c(C)c3cc(O)ccc32)cc1. The van der Waals surface area contributed by atoms with Crippen LogP contribution in [0.2, 0.25) is 0 Å². The first kappa shape index (κ1) is 26.0. The third-order valence-corrected chi connectivity index (χ3v) is 7.70. The zero-order chi connectivity index (χ0) is 25.3. The van der Waals surface area contributed by atoms with Crippen molar-refractivity contribution in [1.82, 2.24) is 4.57 Å². The van der Waals surface area contributed by atoms with Crippen molar-refractivity contribution in [3.8, 4) is 28.5 Å². The van der Waals surface area contributed by atoms with Crippen LogP contribution in [0.5, 0.6) is 17.2 Å². The molecule has 0 saturated carbocycles. The van der Waals surface area contributed by atoms with Gasteiger partial charge in [0.2, 0.25) is 0 Å². The number of aromatic hydroxyl groups is 2. The van der Waals surface area contributed by atoms with E-state index in [1.807, 2.05) is 24.3 Å². The van der Waals surface area contributed by atoms with Gasteiger partial charge in [-0.25, -0.2) is 0 Å². The molecule has 0 unspecified atom stereocenters. The largest absolute Gasteiger partial charge is 0.508 e. The number of hydrogen-bond acceptors (Lipinski definition) is 4. The van der Waals surface area contributed by atoms with Gasteiger partial charge in [0, 0.05) is 17.4 Å². The Kier molecular flexibility index (Phi) is 9.23. The summed E-state index contributed by atoms with van der Waals surface area (Å²) in [6, 6.07) is 21.2. The molecule has 0 saturated heterocycles. The molecule has 4 nitrogen and oxygen atoms in total. The monoisotopic (exact) mass is 503 g/mol. The van der Waals surface area contributed by atoms with Gasteiger partial charge in [-0.1, -0.05) is 31.9 Å². The zero-order valence-electron chi connectivity index (χ0n) is 21.4. The van der Waals surface area contributed by atoms with Crippen LogP contribution in [-0.2, 0) is 6.54 Å². The van der Waals surface area contributed by atoms with Gasteiger partial charge in [-0.15, -0.1) is 0 Å². The minimum atomic E-state index is 0.248. The Balaban J connectivity index is 1.42. The first-order chi connectivity index (χ1) is 17.6. The predicted molar refractivity (Wildman–Crippen MR) is 153 cm³/mol. The smallest absolute Gasteiger partial charge is 0.119 e. The molecule has 190 valence electrons. The molecule has 36 heavy (non-hydrogen) atoms. The molecule has 1 heterocycles. The van der Waals surface area contributed by atoms with E-state index in [0.717, 1.165) is 46.5 Å². The second kappa shape index (κ2) is 12.8. The lowest BCUT2D eigenvalue weighted by molar-refractivity contribution is 0.310. The van der Waals surface area contributed by atoms with Crippen LogP contribution >= 0.6 is 11.8 Å². The second-order valence-corrected chi connectivity index (χ2v) is 10.6. The number of unbranched alkanes of at least 4 members (excludes halogenated alkanes) is 3. The average Bonchev–Trinajstić information content (AvgIpc) is 3.15. The normalized spacial score (nSPS) is 11.3. The van der Waals surface area contributed by atoms with E-state index in [2.05, 4.69) is 54.4 Å². The van der Waals surface area contributed by atoms with Gasteiger partial charge in [0.15, 0.2) is 0 Å². The van der Waals surface area contributed by atoms with Crippen molar-refractivity contribution in [3.63, 3.8) is 0 Å². The number of nitrogens with zero attached hydrogens (tertiary/aromatic N) is 1. The van der Waals surface area contributed by atoms with Crippen molar-refractivity contribution in [2.24, 2.45) is 0 Å². The molecule has 2 N–H and O–H groups in total. The molecule has 5 heteroatoms. The van der Waals surface area contributed by atoms with Crippen molar-refractivity contribution < 1.29 is 14.9 Å². The van der Waals surface area contributed by atoms with Crippen molar-refractivity contribution in [2.75, 3.05) is 18.1 Å². The van der Waals surface area contributed by atoms with Gasteiger partial charge >= 0.3 is 0 Å². The minimum Gasteiger partial charge on any atom is -0.508 e. The predicted octanol–water partition coefficient (Wildman–Crippen LogP) is 8.16. The number of rotatable bonds is 13. The lowest BCUT2D eigenvalue weighted by Gasteiger charge is -2.13. The molecule has 0 fully saturated rings. The Morgan fingerprint density at radius 1 is 0.806 bits per heavy atom. The van der Waals surface area contributed by atoms with Crippen LogP contribution in [0.4, 0.5) is 0 Å². The van der Waals surface area contributed by atoms with E-state index >= 15 is 0 Å². The fourth-order valence-corrected chi connectivity index (χ4v) is 5.61. The zero-order valence-corrected chi connectivity index (χ0v) is 22.2. The number of fused-ring (bicyclic) bond motifs is 1. The van der Waals surface area contributed by atoms with E-state index < -0.39 is 0 Å². The number of aromatic nitrogens is 1. The Morgan fingerprint density at radius 3 is 2.22 bits per heavy atom. The molecule has 0 aliphatic rings. The summed E-state index contributed by atoms with van der Waals surface area (Å²) in [4.78, 5) is 0. The maximum Gasteiger partial charge on any atom is 0.119 e. The number of phenols is 2. The van der Waals surface area contributed by atoms with Gasteiger partial charge in [-0.05, 0) is 109 Å². The highest BCUT2D eigenvalue weighted by atomic mass is 32.2. The van der Waals surface area contributed by atoms with Crippen molar-refractivity contribution >= 4 is 22.7 Å². The first-order valence-electron chi connectivity index (χ1n) is 13.0. The number of phenolic OH excluding ortho intramolecular Hbond substituents is 2. The molecular formula is C31H37NO3S. The summed E-state index contributed by atoms with van der Waals surface area (Å²) in [5, 5.41) is 20.9. The molecule has 0 spiro atoms. The summed E-state index contributed by atoms with van der Waals surface area (Å²) in [5.41, 5.74) is 5.47. The molecular weight excluding hydrogens is 466 g/mol. The summed E-state index contributed by atoms with van der Waals surface area (Å²) >= 11 is 2.06. The van der Waals surface area contributed by atoms with Crippen molar-refractivity contribution in [1.29, 1.82) is 0 Å². The van der Waals surface area contributed by atoms with E-state index in [1.54, 1.807) is 18.2 Å². The van der Waals surface area contributed by atoms with Crippen molar-refractivity contribution in [3.05, 3.63) is 77.9 Å². The Bertz CT molecular complexity index is 1250. The van der Waals surface area contributed by atoms with E-state index in [0.29, 0.717) is 6.54 Å². The van der Waals surface area contributed by atoms with Crippen LogP contribution < -0.4 is 4.74 Å². The number of benzene rings is 3. The highest BCUT2D eigenvalue weighted by Crippen LogP contribution is 2.36. The summed E-state index contributed by atoms with van der Waals surface area (Å²) in [6.07, 6.45) is 6.25. The quantitative estimate of drug-likeness (QED) is 0.181. The van der Waals surface area contributed by atoms with Crippen molar-refractivity contribution in [2.45, 2.75) is 52.5 Å². The molecule has 4 rings (SSSR count). The molecule has 0 aliphatic heterocycles. The summed E-state index contributed by atoms with van der Waals surface area (Å²) in [7, 11) is 0. The molecule has 0 atom stereocenters. The Hall–Kier alpha value is -3.05. The standard InChI is InChI=1S/C31H37NO3S/c1-3-4-6-19-36-20-7-5-18-35-28-15-8-24(9-16-28)22-32-30-17-14-27(34)21-29(30)23(2)31(32)25-10-12-26(33)13-11-25/h8-17,21,33-34H,3-7,18-20,22H2,1-2H3. The van der Waals surface area contributed by atoms with E-state index in [1.165, 1.54) is 42.8 Å². The van der Waals surface area contributed by atoms with Crippen LogP contribution in [0.1, 0.15) is 50.2 Å². The molecule has 0 radical (unpaired) electrons. The molecule has 0 bridgehead atoms. The first-order valence-corrected chi connectivity index (χ1v) is 14.1. The Labute approximate surface area is 218 Å². The van der Waals surface area contributed by atoms with Gasteiger partial charge in [0.25, 0.3) is 0 Å². The van der Waals surface area contributed by atoms with Crippen LogP contribution in [-0.4, -0.2) is 32.9 Å². The van der Waals surface area contributed by atoms with Gasteiger partial charge in [-0.3, -0.25) is 0 Å². The molecule has 0 aliphatic carbocycles. The summed E-state index contributed by atoms with van der Waals surface area (Å²) in [5.74, 6) is 3.92. The van der Waals surface area contributed by atoms with Gasteiger partial charge in [0.05, 0.1) is 12.3 Å². The Morgan fingerprint density at radius 2 is 1.50 bits per heavy atom. The summed E-state index contributed by atoms with van der Waals surface area (Å²) < 4.78 is 8.26. The van der Waals surface area contributed by atoms with Crippen LogP contribution in [0.25, 0.3) is 22.2 Å². The lowest BCUT2D eigenvalue weighted by Crippen LogP contribution is -2.03. The number of thioether (sulfide) groups is 1. The number of ether oxygens (including phenoxy) is 1. The highest BCUT2D eigenvalue weighted by Gasteiger charge is 2.17. The maximum atomic E-state index is 10.1. The number of aryl methyl sites for hydroxylation is 1. The molecule has 3 aromatic carbocycles. The maximum absolute atomic E-state index is 10.1. The van der Waals surface area contributed by atoms with Gasteiger partial charge < -0.3 is 19.5 Å². The molecule has 0 amide bonds. The summed E-state index contributed by atoms with van der Waals surface area (Å²) in [6.45, 7) is 5.78. The van der Waals surface area contributed by atoms with Crippen LogP contribution in [0, 0.1) is 6.92 Å². The van der Waals surface area contributed by atoms with Gasteiger partial charge in [0.1, 0.15) is 17.2 Å². The van der Waals surface area contributed by atoms with Crippen LogP contribution in [0.15, 0.2) is 66.7 Å². The topological polar surface area (TPSA) is 54.6 Å².